The van der Waals surface area contributed by atoms with Crippen molar-refractivity contribution in [3.05, 3.63) is 72.9 Å². The number of para-hydroxylation sites is 1. The van der Waals surface area contributed by atoms with Crippen molar-refractivity contribution < 1.29 is 14.7 Å². The van der Waals surface area contributed by atoms with E-state index in [1.165, 1.54) is 4.90 Å². The highest BCUT2D eigenvalue weighted by molar-refractivity contribution is 5.99. The molecule has 0 bridgehead atoms. The van der Waals surface area contributed by atoms with Crippen molar-refractivity contribution in [1.29, 1.82) is 0 Å². The summed E-state index contributed by atoms with van der Waals surface area (Å²) in [6.45, 7) is 2.33. The van der Waals surface area contributed by atoms with Crippen LogP contribution >= 0.6 is 0 Å². The Labute approximate surface area is 183 Å². The lowest BCUT2D eigenvalue weighted by Gasteiger charge is -2.22. The number of rotatable bonds is 5. The van der Waals surface area contributed by atoms with Crippen LogP contribution in [0.5, 0.6) is 0 Å². The maximum absolute atomic E-state index is 12.8. The van der Waals surface area contributed by atoms with Crippen LogP contribution in [0.25, 0.3) is 22.4 Å². The molecule has 2 aromatic carbocycles. The molecule has 4 aromatic rings. The Bertz CT molecular complexity index is 1260. The summed E-state index contributed by atoms with van der Waals surface area (Å²) in [6, 6.07) is 19.2. The van der Waals surface area contributed by atoms with Gasteiger partial charge >= 0.3 is 12.1 Å². The van der Waals surface area contributed by atoms with Gasteiger partial charge in [-0.15, -0.1) is 0 Å². The van der Waals surface area contributed by atoms with Crippen molar-refractivity contribution in [2.45, 2.75) is 6.92 Å². The number of hydrogen-bond acceptors (Lipinski definition) is 5. The van der Waals surface area contributed by atoms with Crippen LogP contribution in [0.1, 0.15) is 6.92 Å². The van der Waals surface area contributed by atoms with Gasteiger partial charge in [0.1, 0.15) is 11.3 Å². The number of carbonyl (C=O) groups is 2. The number of pyridine rings is 1. The smallest absolute Gasteiger partial charge is 0.409 e. The molecule has 0 saturated heterocycles. The predicted molar refractivity (Wildman–Crippen MR) is 122 cm³/mol. The molecule has 0 aliphatic rings. The first-order valence-corrected chi connectivity index (χ1v) is 9.92. The summed E-state index contributed by atoms with van der Waals surface area (Å²) in [5.41, 5.74) is 3.44. The normalized spacial score (nSPS) is 10.5. The second-order valence-corrected chi connectivity index (χ2v) is 6.78. The van der Waals surface area contributed by atoms with Gasteiger partial charge in [0.15, 0.2) is 5.65 Å². The van der Waals surface area contributed by atoms with Gasteiger partial charge in [-0.2, -0.15) is 0 Å². The van der Waals surface area contributed by atoms with Crippen LogP contribution in [0.4, 0.5) is 26.8 Å². The van der Waals surface area contributed by atoms with Crippen LogP contribution in [-0.2, 0) is 0 Å². The minimum atomic E-state index is -1.13. The van der Waals surface area contributed by atoms with E-state index in [1.807, 2.05) is 37.3 Å². The van der Waals surface area contributed by atoms with Gasteiger partial charge in [-0.05, 0) is 43.3 Å². The van der Waals surface area contributed by atoms with Crippen molar-refractivity contribution in [2.75, 3.05) is 16.8 Å². The van der Waals surface area contributed by atoms with Crippen LogP contribution in [-0.4, -0.2) is 38.7 Å². The third kappa shape index (κ3) is 4.46. The molecule has 9 nitrogen and oxygen atoms in total. The zero-order chi connectivity index (χ0) is 22.5. The molecule has 9 heteroatoms. The maximum atomic E-state index is 12.8. The van der Waals surface area contributed by atoms with Crippen LogP contribution in [0.2, 0.25) is 0 Å². The summed E-state index contributed by atoms with van der Waals surface area (Å²) in [5.74, 6) is 0.419. The van der Waals surface area contributed by atoms with Crippen LogP contribution in [0.3, 0.4) is 0 Å². The molecule has 0 saturated carbocycles. The maximum Gasteiger partial charge on any atom is 0.409 e. The van der Waals surface area contributed by atoms with E-state index in [4.69, 9.17) is 5.11 Å². The molecule has 0 fully saturated rings. The van der Waals surface area contributed by atoms with E-state index in [-0.39, 0.29) is 6.03 Å². The standard InChI is InChI=1S/C23H20N6O3/c1-2-24-22(30)29(17-6-4-3-5-7-17)20-13-12-18-21(28-20)27-19(14-25-18)15-8-10-16(11-9-15)26-23(31)32/h3-14,26H,2H2,1H3,(H,24,30)(H,31,32). The first-order valence-electron chi connectivity index (χ1n) is 9.92. The molecule has 0 aliphatic heterocycles. The molecule has 0 atom stereocenters. The fourth-order valence-electron chi connectivity index (χ4n) is 3.16. The molecule has 3 N–H and O–H groups in total. The van der Waals surface area contributed by atoms with E-state index in [1.54, 1.807) is 42.6 Å². The number of carbonyl (C=O) groups excluding carboxylic acids is 1. The third-order valence-corrected chi connectivity index (χ3v) is 4.60. The number of carboxylic acid groups (broad SMARTS) is 1. The molecule has 32 heavy (non-hydrogen) atoms. The first kappa shape index (κ1) is 20.7. The van der Waals surface area contributed by atoms with Gasteiger partial charge in [-0.1, -0.05) is 30.3 Å². The van der Waals surface area contributed by atoms with Crippen LogP contribution < -0.4 is 15.5 Å². The number of nitrogens with one attached hydrogen (secondary N) is 2. The number of benzene rings is 2. The van der Waals surface area contributed by atoms with E-state index in [9.17, 15) is 9.59 Å². The fraction of sp³-hybridized carbons (Fsp3) is 0.0870. The second kappa shape index (κ2) is 9.09. The topological polar surface area (TPSA) is 120 Å². The Hall–Kier alpha value is -4.53. The second-order valence-electron chi connectivity index (χ2n) is 6.78. The van der Waals surface area contributed by atoms with Gasteiger partial charge in [0.25, 0.3) is 0 Å². The first-order chi connectivity index (χ1) is 15.5. The number of amides is 3. The molecule has 3 amide bonds. The van der Waals surface area contributed by atoms with Gasteiger partial charge < -0.3 is 10.4 Å². The van der Waals surface area contributed by atoms with Crippen molar-refractivity contribution in [3.8, 4) is 11.3 Å². The number of aromatic nitrogens is 3. The van der Waals surface area contributed by atoms with Crippen LogP contribution in [0, 0.1) is 0 Å². The molecular weight excluding hydrogens is 408 g/mol. The number of anilines is 3. The van der Waals surface area contributed by atoms with E-state index in [0.717, 1.165) is 5.56 Å². The summed E-state index contributed by atoms with van der Waals surface area (Å²) in [5, 5.41) is 13.9. The van der Waals surface area contributed by atoms with Gasteiger partial charge in [-0.25, -0.2) is 24.5 Å². The fourth-order valence-corrected chi connectivity index (χ4v) is 3.16. The average Bonchev–Trinajstić information content (AvgIpc) is 2.80. The number of urea groups is 1. The summed E-state index contributed by atoms with van der Waals surface area (Å²) in [6.07, 6.45) is 0.497. The summed E-state index contributed by atoms with van der Waals surface area (Å²) in [7, 11) is 0. The molecule has 0 radical (unpaired) electrons. The monoisotopic (exact) mass is 428 g/mol. The van der Waals surface area contributed by atoms with E-state index < -0.39 is 6.09 Å². The average molecular weight is 428 g/mol. The Balaban J connectivity index is 1.72. The lowest BCUT2D eigenvalue weighted by molar-refractivity contribution is 0.209. The summed E-state index contributed by atoms with van der Waals surface area (Å²) in [4.78, 5) is 38.7. The van der Waals surface area contributed by atoms with Gasteiger partial charge in [0.2, 0.25) is 0 Å². The Morgan fingerprint density at radius 3 is 2.41 bits per heavy atom. The zero-order valence-corrected chi connectivity index (χ0v) is 17.2. The Kier molecular flexibility index (Phi) is 5.89. The van der Waals surface area contributed by atoms with Crippen LogP contribution in [0.15, 0.2) is 72.9 Å². The highest BCUT2D eigenvalue weighted by atomic mass is 16.4. The SMILES string of the molecule is CCNC(=O)N(c1ccccc1)c1ccc2ncc(-c3ccc(NC(=O)O)cc3)nc2n1. The number of nitrogens with zero attached hydrogens (tertiary/aromatic N) is 4. The molecule has 0 unspecified atom stereocenters. The van der Waals surface area contributed by atoms with Crippen molar-refractivity contribution in [1.82, 2.24) is 20.3 Å². The molecule has 0 aliphatic carbocycles. The molecular formula is C23H20N6O3. The highest BCUT2D eigenvalue weighted by Crippen LogP contribution is 2.26. The third-order valence-electron chi connectivity index (χ3n) is 4.60. The number of fused-ring (bicyclic) bond motifs is 1. The lowest BCUT2D eigenvalue weighted by atomic mass is 10.1. The molecule has 2 heterocycles. The minimum absolute atomic E-state index is 0.295. The largest absolute Gasteiger partial charge is 0.465 e. The highest BCUT2D eigenvalue weighted by Gasteiger charge is 2.19. The van der Waals surface area contributed by atoms with Gasteiger partial charge in [-0.3, -0.25) is 10.3 Å². The van der Waals surface area contributed by atoms with E-state index in [0.29, 0.717) is 40.6 Å². The molecule has 160 valence electrons. The van der Waals surface area contributed by atoms with Crippen molar-refractivity contribution in [3.63, 3.8) is 0 Å². The molecule has 4 rings (SSSR count). The lowest BCUT2D eigenvalue weighted by Crippen LogP contribution is -2.37. The Morgan fingerprint density at radius 1 is 0.969 bits per heavy atom. The Morgan fingerprint density at radius 2 is 1.72 bits per heavy atom. The summed E-state index contributed by atoms with van der Waals surface area (Å²) < 4.78 is 0. The quantitative estimate of drug-likeness (QED) is 0.426. The molecule has 2 aromatic heterocycles. The number of hydrogen-bond donors (Lipinski definition) is 3. The summed E-state index contributed by atoms with van der Waals surface area (Å²) >= 11 is 0. The van der Waals surface area contributed by atoms with Gasteiger partial charge in [0, 0.05) is 17.8 Å². The van der Waals surface area contributed by atoms with E-state index >= 15 is 0 Å². The van der Waals surface area contributed by atoms with Gasteiger partial charge in [0.05, 0.1) is 17.6 Å². The molecule has 0 spiro atoms. The van der Waals surface area contributed by atoms with Crippen molar-refractivity contribution >= 4 is 40.5 Å². The van der Waals surface area contributed by atoms with Crippen molar-refractivity contribution in [2.24, 2.45) is 0 Å². The minimum Gasteiger partial charge on any atom is -0.465 e. The predicted octanol–water partition coefficient (Wildman–Crippen LogP) is 4.65. The van der Waals surface area contributed by atoms with E-state index in [2.05, 4.69) is 25.6 Å². The zero-order valence-electron chi connectivity index (χ0n) is 17.2.